The van der Waals surface area contributed by atoms with Crippen LogP contribution in [0.1, 0.15) is 31.1 Å². The molecule has 0 saturated carbocycles. The highest BCUT2D eigenvalue weighted by atomic mass is 16.6. The van der Waals surface area contributed by atoms with Crippen molar-refractivity contribution < 1.29 is 14.3 Å². The van der Waals surface area contributed by atoms with Gasteiger partial charge in [0.1, 0.15) is 5.60 Å². The summed E-state index contributed by atoms with van der Waals surface area (Å²) in [5.74, 6) is 0. The Hall–Kier alpha value is -2.43. The first-order valence-corrected chi connectivity index (χ1v) is 6.23. The molecule has 20 heavy (non-hydrogen) atoms. The molecule has 0 amide bonds. The molecular formula is C15H16N2O3. The predicted octanol–water partition coefficient (Wildman–Crippen LogP) is 3.15. The summed E-state index contributed by atoms with van der Waals surface area (Å²) in [5, 5.41) is 0. The van der Waals surface area contributed by atoms with E-state index in [1.54, 1.807) is 57.4 Å². The third-order valence-electron chi connectivity index (χ3n) is 2.55. The molecule has 0 bridgehead atoms. The minimum absolute atomic E-state index is 0.427. The molecule has 0 spiro atoms. The van der Waals surface area contributed by atoms with Crippen molar-refractivity contribution in [1.29, 1.82) is 0 Å². The highest BCUT2D eigenvalue weighted by Gasteiger charge is 2.21. The molecule has 0 radical (unpaired) electrons. The zero-order valence-electron chi connectivity index (χ0n) is 11.7. The third-order valence-corrected chi connectivity index (χ3v) is 2.55. The van der Waals surface area contributed by atoms with E-state index in [4.69, 9.17) is 4.74 Å². The lowest BCUT2D eigenvalue weighted by Gasteiger charge is -2.20. The Morgan fingerprint density at radius 2 is 2.05 bits per heavy atom. The van der Waals surface area contributed by atoms with Crippen molar-refractivity contribution in [3.05, 3.63) is 42.2 Å². The summed E-state index contributed by atoms with van der Waals surface area (Å²) >= 11 is 0. The van der Waals surface area contributed by atoms with Crippen LogP contribution < -0.4 is 0 Å². The predicted molar refractivity (Wildman–Crippen MR) is 74.7 cm³/mol. The van der Waals surface area contributed by atoms with E-state index in [1.807, 2.05) is 0 Å². The lowest BCUT2D eigenvalue weighted by Crippen LogP contribution is -2.27. The van der Waals surface area contributed by atoms with E-state index in [2.05, 4.69) is 4.98 Å². The molecular weight excluding hydrogens is 256 g/mol. The van der Waals surface area contributed by atoms with Gasteiger partial charge in [0, 0.05) is 18.0 Å². The van der Waals surface area contributed by atoms with Gasteiger partial charge < -0.3 is 4.74 Å². The van der Waals surface area contributed by atoms with Gasteiger partial charge in [-0.15, -0.1) is 0 Å². The molecule has 5 heteroatoms. The fourth-order valence-electron chi connectivity index (χ4n) is 1.77. The molecule has 104 valence electrons. The van der Waals surface area contributed by atoms with Crippen LogP contribution in [0.3, 0.4) is 0 Å². The lowest BCUT2D eigenvalue weighted by molar-refractivity contribution is 0.0540. The van der Waals surface area contributed by atoms with E-state index in [1.165, 1.54) is 4.57 Å². The maximum atomic E-state index is 12.1. The Morgan fingerprint density at radius 3 is 2.70 bits per heavy atom. The molecule has 0 aliphatic rings. The molecule has 2 heterocycles. The smallest absolute Gasteiger partial charge is 0.419 e. The molecule has 5 nitrogen and oxygen atoms in total. The van der Waals surface area contributed by atoms with E-state index in [-0.39, 0.29) is 0 Å². The van der Waals surface area contributed by atoms with Gasteiger partial charge in [-0.05, 0) is 45.0 Å². The van der Waals surface area contributed by atoms with Gasteiger partial charge in [-0.25, -0.2) is 4.79 Å². The van der Waals surface area contributed by atoms with Gasteiger partial charge in [-0.2, -0.15) is 0 Å². The number of ether oxygens (including phenoxy) is 1. The molecule has 0 aliphatic carbocycles. The first-order valence-electron chi connectivity index (χ1n) is 6.23. The zero-order chi connectivity index (χ0) is 14.8. The molecule has 0 unspecified atom stereocenters. The van der Waals surface area contributed by atoms with Gasteiger partial charge in [0.15, 0.2) is 6.29 Å². The summed E-state index contributed by atoms with van der Waals surface area (Å²) in [7, 11) is 0. The van der Waals surface area contributed by atoms with Crippen LogP contribution >= 0.6 is 0 Å². The third kappa shape index (κ3) is 2.93. The number of carbonyl (C=O) groups is 2. The normalized spacial score (nSPS) is 11.2. The summed E-state index contributed by atoms with van der Waals surface area (Å²) in [6.45, 7) is 5.39. The molecule has 2 aromatic heterocycles. The second-order valence-corrected chi connectivity index (χ2v) is 5.30. The van der Waals surface area contributed by atoms with Crippen molar-refractivity contribution in [3.63, 3.8) is 0 Å². The average molecular weight is 272 g/mol. The van der Waals surface area contributed by atoms with Gasteiger partial charge in [-0.3, -0.25) is 14.3 Å². The van der Waals surface area contributed by atoms with Crippen molar-refractivity contribution in [1.82, 2.24) is 9.55 Å². The molecule has 2 rings (SSSR count). The van der Waals surface area contributed by atoms with Crippen molar-refractivity contribution in [2.45, 2.75) is 26.4 Å². The average Bonchev–Trinajstić information content (AvgIpc) is 2.85. The molecule has 0 fully saturated rings. The maximum absolute atomic E-state index is 12.1. The highest BCUT2D eigenvalue weighted by molar-refractivity contribution is 5.87. The van der Waals surface area contributed by atoms with Crippen molar-refractivity contribution >= 4 is 12.4 Å². The summed E-state index contributed by atoms with van der Waals surface area (Å²) in [6, 6.07) is 6.76. The van der Waals surface area contributed by atoms with Crippen LogP contribution in [-0.2, 0) is 4.74 Å². The number of aldehydes is 1. The van der Waals surface area contributed by atoms with E-state index in [0.29, 0.717) is 17.0 Å². The summed E-state index contributed by atoms with van der Waals surface area (Å²) in [5.41, 5.74) is 0.826. The SMILES string of the molecule is CC(C)(C)OC(=O)n1cccc1-c1ncccc1C=O. The Morgan fingerprint density at radius 1 is 1.30 bits per heavy atom. The number of carbonyl (C=O) groups excluding carboxylic acids is 2. The summed E-state index contributed by atoms with van der Waals surface area (Å²) < 4.78 is 6.67. The van der Waals surface area contributed by atoms with E-state index >= 15 is 0 Å². The Balaban J connectivity index is 2.43. The molecule has 0 aliphatic heterocycles. The van der Waals surface area contributed by atoms with Crippen molar-refractivity contribution in [2.75, 3.05) is 0 Å². The second-order valence-electron chi connectivity index (χ2n) is 5.30. The van der Waals surface area contributed by atoms with Crippen LogP contribution in [0.2, 0.25) is 0 Å². The monoisotopic (exact) mass is 272 g/mol. The minimum Gasteiger partial charge on any atom is -0.443 e. The van der Waals surface area contributed by atoms with Crippen LogP contribution in [0.15, 0.2) is 36.7 Å². The fraction of sp³-hybridized carbons (Fsp3) is 0.267. The largest absolute Gasteiger partial charge is 0.443 e. The van der Waals surface area contributed by atoms with E-state index in [0.717, 1.165) is 6.29 Å². The highest BCUT2D eigenvalue weighted by Crippen LogP contribution is 2.22. The first kappa shape index (κ1) is 14.0. The quantitative estimate of drug-likeness (QED) is 0.788. The van der Waals surface area contributed by atoms with E-state index in [9.17, 15) is 9.59 Å². The van der Waals surface area contributed by atoms with Gasteiger partial charge >= 0.3 is 6.09 Å². The zero-order valence-corrected chi connectivity index (χ0v) is 11.7. The molecule has 0 aromatic carbocycles. The molecule has 0 saturated heterocycles. The maximum Gasteiger partial charge on any atom is 0.419 e. The standard InChI is InChI=1S/C15H16N2O3/c1-15(2,3)20-14(19)17-9-5-7-12(17)13-11(10-18)6-4-8-16-13/h4-10H,1-3H3. The Bertz CT molecular complexity index is 639. The van der Waals surface area contributed by atoms with Crippen molar-refractivity contribution in [3.8, 4) is 11.4 Å². The van der Waals surface area contributed by atoms with Gasteiger partial charge in [0.05, 0.1) is 11.4 Å². The number of aromatic nitrogens is 2. The fourth-order valence-corrected chi connectivity index (χ4v) is 1.77. The Labute approximate surface area is 117 Å². The van der Waals surface area contributed by atoms with Crippen LogP contribution in [0, 0.1) is 0 Å². The first-order chi connectivity index (χ1) is 9.42. The topological polar surface area (TPSA) is 61.2 Å². The number of hydrogen-bond acceptors (Lipinski definition) is 4. The van der Waals surface area contributed by atoms with Gasteiger partial charge in [-0.1, -0.05) is 0 Å². The summed E-state index contributed by atoms with van der Waals surface area (Å²) in [6.07, 6.45) is 3.39. The van der Waals surface area contributed by atoms with Crippen LogP contribution in [-0.4, -0.2) is 27.5 Å². The second kappa shape index (κ2) is 5.28. The van der Waals surface area contributed by atoms with Crippen molar-refractivity contribution in [2.24, 2.45) is 0 Å². The van der Waals surface area contributed by atoms with Gasteiger partial charge in [0.25, 0.3) is 0 Å². The molecule has 0 N–H and O–H groups in total. The molecule has 2 aromatic rings. The number of rotatable bonds is 2. The number of hydrogen-bond donors (Lipinski definition) is 0. The van der Waals surface area contributed by atoms with Crippen LogP contribution in [0.4, 0.5) is 4.79 Å². The number of pyridine rings is 1. The van der Waals surface area contributed by atoms with Crippen LogP contribution in [0.25, 0.3) is 11.4 Å². The van der Waals surface area contributed by atoms with Crippen LogP contribution in [0.5, 0.6) is 0 Å². The molecule has 0 atom stereocenters. The number of nitrogens with zero attached hydrogens (tertiary/aromatic N) is 2. The van der Waals surface area contributed by atoms with E-state index < -0.39 is 11.7 Å². The lowest BCUT2D eigenvalue weighted by atomic mass is 10.1. The Kier molecular flexibility index (Phi) is 3.70. The minimum atomic E-state index is -0.587. The summed E-state index contributed by atoms with van der Waals surface area (Å²) in [4.78, 5) is 27.4. The van der Waals surface area contributed by atoms with Gasteiger partial charge in [0.2, 0.25) is 0 Å².